The van der Waals surface area contributed by atoms with Crippen molar-refractivity contribution in [2.24, 2.45) is 0 Å². The fraction of sp³-hybridized carbons (Fsp3) is 0.357. The first-order valence-electron chi connectivity index (χ1n) is 6.43. The quantitative estimate of drug-likeness (QED) is 0.897. The minimum Gasteiger partial charge on any atom is -0.432 e. The maximum absolute atomic E-state index is 5.15. The molecule has 2 heterocycles. The van der Waals surface area contributed by atoms with Crippen LogP contribution in [0.2, 0.25) is 0 Å². The highest BCUT2D eigenvalue weighted by atomic mass is 16.4. The Morgan fingerprint density at radius 1 is 1.06 bits per heavy atom. The molecule has 1 aromatic carbocycles. The number of rotatable bonds is 3. The average molecular weight is 243 g/mol. The topological polar surface area (TPSA) is 41.3 Å². The summed E-state index contributed by atoms with van der Waals surface area (Å²) in [7, 11) is 0. The second-order valence-electron chi connectivity index (χ2n) is 4.56. The molecule has 0 atom stereocenters. The predicted molar refractivity (Wildman–Crippen MR) is 72.3 cm³/mol. The Balaban J connectivity index is 1.68. The van der Waals surface area contributed by atoms with Crippen LogP contribution < -0.4 is 10.2 Å². The van der Waals surface area contributed by atoms with Crippen LogP contribution in [-0.2, 0) is 0 Å². The number of piperidine rings is 1. The van der Waals surface area contributed by atoms with Gasteiger partial charge in [0.25, 0.3) is 6.01 Å². The highest BCUT2D eigenvalue weighted by Gasteiger charge is 2.10. The summed E-state index contributed by atoms with van der Waals surface area (Å²) in [6, 6.07) is 8.95. The Hall–Kier alpha value is -1.97. The van der Waals surface area contributed by atoms with Gasteiger partial charge in [0.05, 0.1) is 6.20 Å². The van der Waals surface area contributed by atoms with Crippen molar-refractivity contribution in [1.82, 2.24) is 4.98 Å². The maximum atomic E-state index is 5.15. The van der Waals surface area contributed by atoms with Crippen molar-refractivity contribution in [1.29, 1.82) is 0 Å². The minimum atomic E-state index is 0.528. The van der Waals surface area contributed by atoms with Gasteiger partial charge < -0.3 is 14.6 Å². The summed E-state index contributed by atoms with van der Waals surface area (Å²) in [5, 5.41) is 3.12. The molecule has 18 heavy (non-hydrogen) atoms. The zero-order chi connectivity index (χ0) is 12.2. The molecule has 0 saturated carbocycles. The molecular weight excluding hydrogens is 226 g/mol. The van der Waals surface area contributed by atoms with Gasteiger partial charge in [0, 0.05) is 24.5 Å². The van der Waals surface area contributed by atoms with Crippen LogP contribution in [0, 0.1) is 0 Å². The summed E-state index contributed by atoms with van der Waals surface area (Å²) < 4.78 is 5.15. The molecule has 3 rings (SSSR count). The van der Waals surface area contributed by atoms with E-state index in [1.807, 2.05) is 0 Å². The molecule has 2 aromatic rings. The first-order valence-corrected chi connectivity index (χ1v) is 6.43. The Morgan fingerprint density at radius 3 is 2.50 bits per heavy atom. The largest absolute Gasteiger partial charge is 0.432 e. The summed E-state index contributed by atoms with van der Waals surface area (Å²) in [5.74, 6) is 0. The van der Waals surface area contributed by atoms with E-state index < -0.39 is 0 Å². The number of nitrogens with zero attached hydrogens (tertiary/aromatic N) is 2. The van der Waals surface area contributed by atoms with Crippen molar-refractivity contribution >= 4 is 17.4 Å². The van der Waals surface area contributed by atoms with E-state index >= 15 is 0 Å². The third-order valence-electron chi connectivity index (χ3n) is 3.27. The van der Waals surface area contributed by atoms with Gasteiger partial charge in [-0.15, -0.1) is 0 Å². The first kappa shape index (κ1) is 11.1. The fourth-order valence-electron chi connectivity index (χ4n) is 2.32. The van der Waals surface area contributed by atoms with Crippen molar-refractivity contribution in [2.75, 3.05) is 23.3 Å². The average Bonchev–Trinajstić information content (AvgIpc) is 2.94. The van der Waals surface area contributed by atoms with Crippen molar-refractivity contribution in [3.05, 3.63) is 36.7 Å². The van der Waals surface area contributed by atoms with E-state index in [1.165, 1.54) is 38.0 Å². The molecule has 0 bridgehead atoms. The molecule has 0 amide bonds. The van der Waals surface area contributed by atoms with Gasteiger partial charge in [-0.2, -0.15) is 0 Å². The molecular formula is C14H17N3O. The highest BCUT2D eigenvalue weighted by molar-refractivity contribution is 5.58. The van der Waals surface area contributed by atoms with E-state index in [0.717, 1.165) is 5.69 Å². The summed E-state index contributed by atoms with van der Waals surface area (Å²) in [6.45, 7) is 2.35. The molecule has 1 aliphatic heterocycles. The van der Waals surface area contributed by atoms with Crippen LogP contribution in [0.15, 0.2) is 41.1 Å². The van der Waals surface area contributed by atoms with Gasteiger partial charge in [-0.3, -0.25) is 0 Å². The van der Waals surface area contributed by atoms with Crippen molar-refractivity contribution < 1.29 is 4.42 Å². The van der Waals surface area contributed by atoms with Crippen LogP contribution in [-0.4, -0.2) is 18.1 Å². The summed E-state index contributed by atoms with van der Waals surface area (Å²) in [6.07, 6.45) is 7.15. The summed E-state index contributed by atoms with van der Waals surface area (Å²) in [5.41, 5.74) is 2.30. The van der Waals surface area contributed by atoms with E-state index in [4.69, 9.17) is 4.42 Å². The standard InChI is InChI=1S/C14H17N3O/c1-2-9-17(10-3-1)13-6-4-12(5-7-13)16-14-15-8-11-18-14/h4-8,11H,1-3,9-10H2,(H,15,16). The monoisotopic (exact) mass is 243 g/mol. The summed E-state index contributed by atoms with van der Waals surface area (Å²) >= 11 is 0. The molecule has 0 radical (unpaired) electrons. The van der Waals surface area contributed by atoms with Crippen LogP contribution in [0.5, 0.6) is 0 Å². The van der Waals surface area contributed by atoms with Gasteiger partial charge in [-0.05, 0) is 43.5 Å². The maximum Gasteiger partial charge on any atom is 0.299 e. The van der Waals surface area contributed by atoms with Crippen molar-refractivity contribution in [3.63, 3.8) is 0 Å². The number of anilines is 3. The van der Waals surface area contributed by atoms with Gasteiger partial charge in [0.1, 0.15) is 6.26 Å². The van der Waals surface area contributed by atoms with Gasteiger partial charge in [0.2, 0.25) is 0 Å². The number of hydrogen-bond acceptors (Lipinski definition) is 4. The van der Waals surface area contributed by atoms with Gasteiger partial charge in [0.15, 0.2) is 0 Å². The fourth-order valence-corrected chi connectivity index (χ4v) is 2.32. The molecule has 1 N–H and O–H groups in total. The van der Waals surface area contributed by atoms with E-state index in [1.54, 1.807) is 12.5 Å². The lowest BCUT2D eigenvalue weighted by Crippen LogP contribution is -2.29. The third-order valence-corrected chi connectivity index (χ3v) is 3.27. The molecule has 0 unspecified atom stereocenters. The molecule has 1 saturated heterocycles. The SMILES string of the molecule is c1coc(Nc2ccc(N3CCCCC3)cc2)n1. The zero-order valence-electron chi connectivity index (χ0n) is 10.3. The number of nitrogens with one attached hydrogen (secondary N) is 1. The van der Waals surface area contributed by atoms with Crippen LogP contribution in [0.4, 0.5) is 17.4 Å². The Labute approximate surface area is 107 Å². The first-order chi connectivity index (χ1) is 8.92. The second-order valence-corrected chi connectivity index (χ2v) is 4.56. The van der Waals surface area contributed by atoms with Crippen LogP contribution in [0.3, 0.4) is 0 Å². The second kappa shape index (κ2) is 5.12. The lowest BCUT2D eigenvalue weighted by molar-refractivity contribution is 0.577. The molecule has 4 heteroatoms. The van der Waals surface area contributed by atoms with Crippen LogP contribution >= 0.6 is 0 Å². The Morgan fingerprint density at radius 2 is 1.83 bits per heavy atom. The van der Waals surface area contributed by atoms with Crippen LogP contribution in [0.25, 0.3) is 0 Å². The van der Waals surface area contributed by atoms with E-state index in [9.17, 15) is 0 Å². The molecule has 94 valence electrons. The number of hydrogen-bond donors (Lipinski definition) is 1. The third kappa shape index (κ3) is 2.47. The summed E-state index contributed by atoms with van der Waals surface area (Å²) in [4.78, 5) is 6.48. The molecule has 0 spiro atoms. The predicted octanol–water partition coefficient (Wildman–Crippen LogP) is 3.41. The molecule has 1 aliphatic rings. The number of benzene rings is 1. The molecule has 1 fully saturated rings. The van der Waals surface area contributed by atoms with Gasteiger partial charge >= 0.3 is 0 Å². The number of aromatic nitrogens is 1. The van der Waals surface area contributed by atoms with Crippen LogP contribution in [0.1, 0.15) is 19.3 Å². The van der Waals surface area contributed by atoms with Gasteiger partial charge in [-0.25, -0.2) is 4.98 Å². The molecule has 4 nitrogen and oxygen atoms in total. The lowest BCUT2D eigenvalue weighted by atomic mass is 10.1. The normalized spacial score (nSPS) is 15.7. The van der Waals surface area contributed by atoms with Gasteiger partial charge in [-0.1, -0.05) is 0 Å². The smallest absolute Gasteiger partial charge is 0.299 e. The lowest BCUT2D eigenvalue weighted by Gasteiger charge is -2.28. The highest BCUT2D eigenvalue weighted by Crippen LogP contribution is 2.23. The zero-order valence-corrected chi connectivity index (χ0v) is 10.3. The molecule has 1 aromatic heterocycles. The Kier molecular flexibility index (Phi) is 3.17. The number of oxazole rings is 1. The molecule has 0 aliphatic carbocycles. The minimum absolute atomic E-state index is 0.528. The van der Waals surface area contributed by atoms with E-state index in [-0.39, 0.29) is 0 Å². The van der Waals surface area contributed by atoms with E-state index in [2.05, 4.69) is 39.5 Å². The van der Waals surface area contributed by atoms with E-state index in [0.29, 0.717) is 6.01 Å². The van der Waals surface area contributed by atoms with Crippen molar-refractivity contribution in [2.45, 2.75) is 19.3 Å². The Bertz CT molecular complexity index is 472. The van der Waals surface area contributed by atoms with Crippen molar-refractivity contribution in [3.8, 4) is 0 Å².